The molecule has 0 aromatic heterocycles. The molecule has 6 nitrogen and oxygen atoms in total. The summed E-state index contributed by atoms with van der Waals surface area (Å²) >= 11 is 0. The fraction of sp³-hybridized carbons (Fsp3) is 0.579. The summed E-state index contributed by atoms with van der Waals surface area (Å²) in [5, 5.41) is 0. The molecule has 1 aliphatic heterocycles. The SMILES string of the molecule is C/C=C(/C=C\C=O)N(C)CC1CCC(C(=O)N2C(=O)CCC2=O)CC1. The second kappa shape index (κ2) is 8.74. The molecule has 136 valence electrons. The van der Waals surface area contributed by atoms with Gasteiger partial charge in [0.15, 0.2) is 0 Å². The van der Waals surface area contributed by atoms with Crippen LogP contribution in [0.5, 0.6) is 0 Å². The predicted octanol–water partition coefficient (Wildman–Crippen LogP) is 2.06. The Morgan fingerprint density at radius 2 is 1.76 bits per heavy atom. The third kappa shape index (κ3) is 4.65. The minimum absolute atomic E-state index is 0.158. The van der Waals surface area contributed by atoms with E-state index in [-0.39, 0.29) is 36.5 Å². The number of imide groups is 3. The molecule has 0 atom stereocenters. The molecule has 1 aliphatic carbocycles. The van der Waals surface area contributed by atoms with E-state index in [1.807, 2.05) is 20.0 Å². The highest BCUT2D eigenvalue weighted by Gasteiger charge is 2.39. The largest absolute Gasteiger partial charge is 0.375 e. The fourth-order valence-electron chi connectivity index (χ4n) is 3.67. The molecular weight excluding hydrogens is 320 g/mol. The normalized spacial score (nSPS) is 24.9. The molecule has 0 aromatic carbocycles. The van der Waals surface area contributed by atoms with E-state index < -0.39 is 0 Å². The molecule has 2 fully saturated rings. The molecule has 1 saturated carbocycles. The minimum atomic E-state index is -0.350. The lowest BCUT2D eigenvalue weighted by Gasteiger charge is -2.32. The van der Waals surface area contributed by atoms with Gasteiger partial charge in [0, 0.05) is 38.0 Å². The molecule has 2 aliphatic rings. The van der Waals surface area contributed by atoms with Crippen LogP contribution < -0.4 is 0 Å². The molecule has 1 heterocycles. The second-order valence-electron chi connectivity index (χ2n) is 6.77. The number of carbonyl (C=O) groups is 4. The van der Waals surface area contributed by atoms with E-state index in [1.165, 1.54) is 6.08 Å². The maximum absolute atomic E-state index is 12.4. The van der Waals surface area contributed by atoms with Crippen molar-refractivity contribution in [3.05, 3.63) is 23.9 Å². The van der Waals surface area contributed by atoms with Gasteiger partial charge in [-0.15, -0.1) is 0 Å². The number of likely N-dealkylation sites (tertiary alicyclic amines) is 1. The summed E-state index contributed by atoms with van der Waals surface area (Å²) in [7, 11) is 1.99. The van der Waals surface area contributed by atoms with E-state index in [0.717, 1.165) is 36.3 Å². The van der Waals surface area contributed by atoms with Crippen molar-refractivity contribution in [2.75, 3.05) is 13.6 Å². The summed E-state index contributed by atoms with van der Waals surface area (Å²) < 4.78 is 0. The number of rotatable bonds is 6. The summed E-state index contributed by atoms with van der Waals surface area (Å²) in [4.78, 5) is 49.3. The van der Waals surface area contributed by atoms with Gasteiger partial charge in [-0.3, -0.25) is 19.2 Å². The Morgan fingerprint density at radius 1 is 1.16 bits per heavy atom. The lowest BCUT2D eigenvalue weighted by Crippen LogP contribution is -2.41. The molecule has 3 amide bonds. The first kappa shape index (κ1) is 19.1. The molecule has 0 radical (unpaired) electrons. The van der Waals surface area contributed by atoms with Crippen molar-refractivity contribution in [2.45, 2.75) is 45.4 Å². The van der Waals surface area contributed by atoms with Crippen LogP contribution in [-0.2, 0) is 19.2 Å². The van der Waals surface area contributed by atoms with Gasteiger partial charge >= 0.3 is 0 Å². The third-order valence-electron chi connectivity index (χ3n) is 5.08. The van der Waals surface area contributed by atoms with Crippen LogP contribution in [0.2, 0.25) is 0 Å². The monoisotopic (exact) mass is 346 g/mol. The summed E-state index contributed by atoms with van der Waals surface area (Å²) in [6, 6.07) is 0. The zero-order valence-corrected chi connectivity index (χ0v) is 14.9. The number of nitrogens with zero attached hydrogens (tertiary/aromatic N) is 2. The van der Waals surface area contributed by atoms with Crippen molar-refractivity contribution in [1.29, 1.82) is 0 Å². The van der Waals surface area contributed by atoms with Crippen molar-refractivity contribution in [1.82, 2.24) is 9.80 Å². The zero-order chi connectivity index (χ0) is 18.4. The Kier molecular flexibility index (Phi) is 6.67. The lowest BCUT2D eigenvalue weighted by atomic mass is 9.81. The van der Waals surface area contributed by atoms with Crippen molar-refractivity contribution in [3.63, 3.8) is 0 Å². The van der Waals surface area contributed by atoms with Crippen LogP contribution in [0.1, 0.15) is 45.4 Å². The maximum atomic E-state index is 12.4. The molecule has 0 N–H and O–H groups in total. The number of allylic oxidation sites excluding steroid dienone is 3. The molecule has 6 heteroatoms. The summed E-state index contributed by atoms with van der Waals surface area (Å²) in [5.74, 6) is -0.766. The van der Waals surface area contributed by atoms with E-state index in [2.05, 4.69) is 4.90 Å². The predicted molar refractivity (Wildman–Crippen MR) is 93.1 cm³/mol. The maximum Gasteiger partial charge on any atom is 0.239 e. The van der Waals surface area contributed by atoms with Crippen LogP contribution in [0.3, 0.4) is 0 Å². The first-order valence-corrected chi connectivity index (χ1v) is 8.86. The number of carbonyl (C=O) groups excluding carboxylic acids is 4. The second-order valence-corrected chi connectivity index (χ2v) is 6.77. The average Bonchev–Trinajstić information content (AvgIpc) is 2.94. The van der Waals surface area contributed by atoms with E-state index in [4.69, 9.17) is 0 Å². The smallest absolute Gasteiger partial charge is 0.239 e. The minimum Gasteiger partial charge on any atom is -0.375 e. The first-order chi connectivity index (χ1) is 12.0. The summed E-state index contributed by atoms with van der Waals surface area (Å²) in [5.41, 5.74) is 0.985. The molecule has 0 unspecified atom stereocenters. The molecule has 2 rings (SSSR count). The van der Waals surface area contributed by atoms with Crippen LogP contribution in [0.15, 0.2) is 23.9 Å². The first-order valence-electron chi connectivity index (χ1n) is 8.86. The van der Waals surface area contributed by atoms with E-state index in [0.29, 0.717) is 18.8 Å². The summed E-state index contributed by atoms with van der Waals surface area (Å²) in [6.07, 6.45) is 9.51. The topological polar surface area (TPSA) is 74.8 Å². The van der Waals surface area contributed by atoms with Crippen LogP contribution in [-0.4, -0.2) is 47.4 Å². The molecular formula is C19H26N2O4. The standard InChI is InChI=1S/C19H26N2O4/c1-3-16(5-4-12-22)20(2)13-14-6-8-15(9-7-14)19(25)21-17(23)10-11-18(21)24/h3-5,12,14-15H,6-11,13H2,1-2H3/b5-4-,16-3-. The van der Waals surface area contributed by atoms with Gasteiger partial charge in [0.05, 0.1) is 0 Å². The molecule has 1 saturated heterocycles. The van der Waals surface area contributed by atoms with Gasteiger partial charge in [-0.1, -0.05) is 6.08 Å². The average molecular weight is 346 g/mol. The van der Waals surface area contributed by atoms with Gasteiger partial charge in [0.25, 0.3) is 0 Å². The van der Waals surface area contributed by atoms with Crippen LogP contribution in [0, 0.1) is 11.8 Å². The van der Waals surface area contributed by atoms with Crippen molar-refractivity contribution >= 4 is 24.0 Å². The Hall–Kier alpha value is -2.24. The third-order valence-corrected chi connectivity index (χ3v) is 5.08. The van der Waals surface area contributed by atoms with E-state index in [1.54, 1.807) is 6.08 Å². The zero-order valence-electron chi connectivity index (χ0n) is 14.9. The molecule has 25 heavy (non-hydrogen) atoms. The van der Waals surface area contributed by atoms with Gasteiger partial charge < -0.3 is 4.90 Å². The number of hydrogen-bond acceptors (Lipinski definition) is 5. The number of hydrogen-bond donors (Lipinski definition) is 0. The van der Waals surface area contributed by atoms with Crippen LogP contribution in [0.4, 0.5) is 0 Å². The van der Waals surface area contributed by atoms with Crippen molar-refractivity contribution in [2.24, 2.45) is 11.8 Å². The van der Waals surface area contributed by atoms with Crippen LogP contribution >= 0.6 is 0 Å². The highest BCUT2D eigenvalue weighted by Crippen LogP contribution is 2.32. The van der Waals surface area contributed by atoms with Crippen LogP contribution in [0.25, 0.3) is 0 Å². The highest BCUT2D eigenvalue weighted by atomic mass is 16.2. The van der Waals surface area contributed by atoms with Crippen molar-refractivity contribution < 1.29 is 19.2 Å². The Bertz CT molecular complexity index is 585. The Labute approximate surface area is 148 Å². The fourth-order valence-corrected chi connectivity index (χ4v) is 3.67. The van der Waals surface area contributed by atoms with Gasteiger partial charge in [0.2, 0.25) is 17.7 Å². The molecule has 0 aromatic rings. The lowest BCUT2D eigenvalue weighted by molar-refractivity contribution is -0.152. The van der Waals surface area contributed by atoms with Gasteiger partial charge in [-0.05, 0) is 50.7 Å². The van der Waals surface area contributed by atoms with Gasteiger partial charge in [0.1, 0.15) is 6.29 Å². The quantitative estimate of drug-likeness (QED) is 0.318. The molecule has 0 bridgehead atoms. The summed E-state index contributed by atoms with van der Waals surface area (Å²) in [6.45, 7) is 2.78. The Balaban J connectivity index is 1.86. The highest BCUT2D eigenvalue weighted by molar-refractivity contribution is 6.15. The number of amides is 3. The number of aldehydes is 1. The van der Waals surface area contributed by atoms with Gasteiger partial charge in [-0.25, -0.2) is 4.90 Å². The van der Waals surface area contributed by atoms with E-state index >= 15 is 0 Å². The Morgan fingerprint density at radius 3 is 2.28 bits per heavy atom. The van der Waals surface area contributed by atoms with Gasteiger partial charge in [-0.2, -0.15) is 0 Å². The van der Waals surface area contributed by atoms with Crippen molar-refractivity contribution in [3.8, 4) is 0 Å². The number of likely N-dealkylation sites (N-methyl/N-ethyl adjacent to an activating group) is 1. The molecule has 0 spiro atoms. The van der Waals surface area contributed by atoms with E-state index in [9.17, 15) is 19.2 Å².